The van der Waals surface area contributed by atoms with E-state index in [0.717, 1.165) is 70.6 Å². The molecule has 47 heavy (non-hydrogen) atoms. The number of aliphatic hydroxyl groups is 2. The van der Waals surface area contributed by atoms with Crippen LogP contribution in [0.4, 0.5) is 0 Å². The number of ether oxygens (including phenoxy) is 2. The van der Waals surface area contributed by atoms with E-state index in [-0.39, 0.29) is 25.2 Å². The summed E-state index contributed by atoms with van der Waals surface area (Å²) < 4.78 is 10.5. The summed E-state index contributed by atoms with van der Waals surface area (Å²) in [6, 6.07) is 0. The number of carbonyl (C=O) groups is 2. The van der Waals surface area contributed by atoms with Gasteiger partial charge in [0.25, 0.3) is 0 Å². The molecule has 0 aromatic carbocycles. The van der Waals surface area contributed by atoms with Crippen LogP contribution in [0.25, 0.3) is 0 Å². The molecule has 0 saturated carbocycles. The molecule has 2 N–H and O–H groups in total. The van der Waals surface area contributed by atoms with Crippen LogP contribution in [0.15, 0.2) is 48.6 Å². The van der Waals surface area contributed by atoms with Crippen LogP contribution in [-0.2, 0) is 19.1 Å². The Morgan fingerprint density at radius 1 is 0.511 bits per heavy atom. The second-order valence-electron chi connectivity index (χ2n) is 12.7. The van der Waals surface area contributed by atoms with E-state index in [1.807, 2.05) is 0 Å². The minimum absolute atomic E-state index is 0.100. The summed E-state index contributed by atoms with van der Waals surface area (Å²) in [5.74, 6) is -0.669. The van der Waals surface area contributed by atoms with Crippen molar-refractivity contribution in [1.82, 2.24) is 0 Å². The van der Waals surface area contributed by atoms with Crippen molar-refractivity contribution < 1.29 is 29.3 Å². The van der Waals surface area contributed by atoms with Crippen LogP contribution >= 0.6 is 0 Å². The molecular formula is C41H72O6. The van der Waals surface area contributed by atoms with Gasteiger partial charge in [-0.15, -0.1) is 0 Å². The zero-order valence-corrected chi connectivity index (χ0v) is 30.2. The van der Waals surface area contributed by atoms with Gasteiger partial charge in [-0.1, -0.05) is 152 Å². The van der Waals surface area contributed by atoms with Gasteiger partial charge in [0.05, 0.1) is 6.61 Å². The van der Waals surface area contributed by atoms with Crippen molar-refractivity contribution in [2.45, 2.75) is 180 Å². The van der Waals surface area contributed by atoms with Crippen molar-refractivity contribution in [3.63, 3.8) is 0 Å². The Bertz CT molecular complexity index is 800. The lowest BCUT2D eigenvalue weighted by Gasteiger charge is -2.15. The van der Waals surface area contributed by atoms with Crippen LogP contribution in [0.5, 0.6) is 0 Å². The molecule has 1 atom stereocenters. The minimum Gasteiger partial charge on any atom is -0.462 e. The van der Waals surface area contributed by atoms with Gasteiger partial charge in [-0.05, 0) is 57.8 Å². The van der Waals surface area contributed by atoms with Crippen LogP contribution in [-0.4, -0.2) is 48.1 Å². The van der Waals surface area contributed by atoms with E-state index in [9.17, 15) is 14.7 Å². The molecule has 0 rings (SSSR count). The monoisotopic (exact) mass is 661 g/mol. The van der Waals surface area contributed by atoms with E-state index in [1.165, 1.54) is 77.0 Å². The number of carbonyl (C=O) groups excluding carboxylic acids is 2. The number of rotatable bonds is 35. The Balaban J connectivity index is 3.65. The van der Waals surface area contributed by atoms with E-state index < -0.39 is 6.10 Å². The number of allylic oxidation sites excluding steroid dienone is 8. The van der Waals surface area contributed by atoms with E-state index in [1.54, 1.807) is 0 Å². The van der Waals surface area contributed by atoms with Crippen LogP contribution in [0.3, 0.4) is 0 Å². The molecule has 0 aliphatic carbocycles. The lowest BCUT2D eigenvalue weighted by Crippen LogP contribution is -2.28. The summed E-state index contributed by atoms with van der Waals surface area (Å²) in [6.07, 6.45) is 44.7. The van der Waals surface area contributed by atoms with Crippen molar-refractivity contribution in [2.24, 2.45) is 0 Å². The van der Waals surface area contributed by atoms with Gasteiger partial charge in [-0.2, -0.15) is 0 Å². The first-order valence-corrected chi connectivity index (χ1v) is 19.3. The van der Waals surface area contributed by atoms with Crippen molar-refractivity contribution in [3.05, 3.63) is 48.6 Å². The summed E-state index contributed by atoms with van der Waals surface area (Å²) in [5.41, 5.74) is 0. The maximum atomic E-state index is 12.1. The van der Waals surface area contributed by atoms with E-state index in [2.05, 4.69) is 55.5 Å². The summed E-state index contributed by atoms with van der Waals surface area (Å²) >= 11 is 0. The molecule has 0 aliphatic heterocycles. The van der Waals surface area contributed by atoms with Crippen LogP contribution in [0.1, 0.15) is 174 Å². The molecule has 0 unspecified atom stereocenters. The fraction of sp³-hybridized carbons (Fsp3) is 0.756. The SMILES string of the molecule is CCCCCCCCCCCCCCCCCC(=O)O[C@@H](CO)COC(=O)CCC/C=C\C/C=C\C/C=C\C/C=C\CCCCCO. The summed E-state index contributed by atoms with van der Waals surface area (Å²) in [4.78, 5) is 24.2. The molecule has 0 fully saturated rings. The maximum absolute atomic E-state index is 12.1. The highest BCUT2D eigenvalue weighted by Gasteiger charge is 2.16. The largest absolute Gasteiger partial charge is 0.462 e. The number of unbranched alkanes of at least 4 members (excludes halogenated alkanes) is 18. The van der Waals surface area contributed by atoms with Crippen LogP contribution in [0.2, 0.25) is 0 Å². The molecule has 0 spiro atoms. The third-order valence-corrected chi connectivity index (χ3v) is 8.18. The molecular weight excluding hydrogens is 588 g/mol. The fourth-order valence-corrected chi connectivity index (χ4v) is 5.23. The van der Waals surface area contributed by atoms with Gasteiger partial charge in [0.2, 0.25) is 0 Å². The summed E-state index contributed by atoms with van der Waals surface area (Å²) in [6.45, 7) is 2.10. The maximum Gasteiger partial charge on any atom is 0.306 e. The van der Waals surface area contributed by atoms with Gasteiger partial charge in [-0.25, -0.2) is 0 Å². The Morgan fingerprint density at radius 3 is 1.43 bits per heavy atom. The molecule has 0 aromatic rings. The molecule has 0 radical (unpaired) electrons. The fourth-order valence-electron chi connectivity index (χ4n) is 5.23. The van der Waals surface area contributed by atoms with Crippen molar-refractivity contribution in [3.8, 4) is 0 Å². The normalized spacial score (nSPS) is 12.7. The Hall–Kier alpha value is -2.18. The van der Waals surface area contributed by atoms with Crippen molar-refractivity contribution >= 4 is 11.9 Å². The van der Waals surface area contributed by atoms with Gasteiger partial charge in [0, 0.05) is 19.4 Å². The molecule has 6 heteroatoms. The molecule has 0 heterocycles. The van der Waals surface area contributed by atoms with Gasteiger partial charge < -0.3 is 19.7 Å². The van der Waals surface area contributed by atoms with Gasteiger partial charge >= 0.3 is 11.9 Å². The Kier molecular flexibility index (Phi) is 36.5. The minimum atomic E-state index is -0.798. The van der Waals surface area contributed by atoms with Gasteiger partial charge in [0.15, 0.2) is 6.10 Å². The predicted molar refractivity (Wildman–Crippen MR) is 197 cm³/mol. The average Bonchev–Trinajstić information content (AvgIpc) is 3.07. The molecule has 0 saturated heterocycles. The zero-order valence-electron chi connectivity index (χ0n) is 30.2. The number of esters is 2. The van der Waals surface area contributed by atoms with E-state index in [4.69, 9.17) is 14.6 Å². The first-order valence-electron chi connectivity index (χ1n) is 19.3. The third kappa shape index (κ3) is 36.5. The van der Waals surface area contributed by atoms with Gasteiger partial charge in [0.1, 0.15) is 6.61 Å². The highest BCUT2D eigenvalue weighted by Crippen LogP contribution is 2.14. The Morgan fingerprint density at radius 2 is 0.936 bits per heavy atom. The first kappa shape index (κ1) is 44.8. The number of aliphatic hydroxyl groups excluding tert-OH is 2. The second-order valence-corrected chi connectivity index (χ2v) is 12.7. The number of hydrogen-bond acceptors (Lipinski definition) is 6. The standard InChI is InChI=1S/C41H72O6/c1-2-3-4-5-6-7-8-9-13-17-20-23-26-29-32-35-41(45)47-39(37-43)38-46-40(44)34-31-28-25-22-19-16-14-11-10-12-15-18-21-24-27-30-33-36-42/h10,12,14,16,18,21-22,25,39,42-43H,2-9,11,13,15,17,19-20,23-24,26-38H2,1H3/b12-10-,16-14-,21-18-,25-22-/t39-/m0/s1. The van der Waals surface area contributed by atoms with Crippen molar-refractivity contribution in [1.29, 1.82) is 0 Å². The first-order chi connectivity index (χ1) is 23.1. The van der Waals surface area contributed by atoms with Crippen LogP contribution in [0, 0.1) is 0 Å². The summed E-state index contributed by atoms with van der Waals surface area (Å²) in [7, 11) is 0. The van der Waals surface area contributed by atoms with Crippen LogP contribution < -0.4 is 0 Å². The lowest BCUT2D eigenvalue weighted by molar-refractivity contribution is -0.161. The molecule has 6 nitrogen and oxygen atoms in total. The highest BCUT2D eigenvalue weighted by molar-refractivity contribution is 5.70. The smallest absolute Gasteiger partial charge is 0.306 e. The second kappa shape index (κ2) is 38.3. The van der Waals surface area contributed by atoms with Gasteiger partial charge in [-0.3, -0.25) is 9.59 Å². The quantitative estimate of drug-likeness (QED) is 0.0399. The molecule has 0 aromatic heterocycles. The molecule has 0 amide bonds. The molecule has 272 valence electrons. The highest BCUT2D eigenvalue weighted by atomic mass is 16.6. The van der Waals surface area contributed by atoms with Crippen molar-refractivity contribution in [2.75, 3.05) is 19.8 Å². The third-order valence-electron chi connectivity index (χ3n) is 8.18. The lowest BCUT2D eigenvalue weighted by atomic mass is 10.0. The van der Waals surface area contributed by atoms with E-state index >= 15 is 0 Å². The van der Waals surface area contributed by atoms with E-state index in [0.29, 0.717) is 25.9 Å². The topological polar surface area (TPSA) is 93.1 Å². The molecule has 0 bridgehead atoms. The predicted octanol–water partition coefficient (Wildman–Crippen LogP) is 10.8. The number of hydrogen-bond donors (Lipinski definition) is 2. The average molecular weight is 661 g/mol. The summed E-state index contributed by atoms with van der Waals surface area (Å²) in [5, 5.41) is 18.3. The Labute approximate surface area is 289 Å². The zero-order chi connectivity index (χ0) is 34.3. The molecule has 0 aliphatic rings.